The summed E-state index contributed by atoms with van der Waals surface area (Å²) in [5.74, 6) is 2.39. The highest BCUT2D eigenvalue weighted by Gasteiger charge is 2.51. The number of pyridine rings is 1. The monoisotopic (exact) mass is 739 g/mol. The SMILES string of the molecule is c1ccc(-c2cc(-c3ccc4nc(-c5ccccc5)c5cc6c(cc5c4c3)C3(c4ccccc4O6)c4ccccc4-c4ccccc43)nc(-c3ccccc3)n2)cc1. The van der Waals surface area contributed by atoms with Gasteiger partial charge in [-0.05, 0) is 64.0 Å². The van der Waals surface area contributed by atoms with Crippen molar-refractivity contribution in [3.8, 4) is 67.8 Å². The van der Waals surface area contributed by atoms with Crippen LogP contribution >= 0.6 is 0 Å². The smallest absolute Gasteiger partial charge is 0.160 e. The first-order valence-electron chi connectivity index (χ1n) is 19.7. The molecule has 1 aliphatic heterocycles. The fourth-order valence-electron chi connectivity index (χ4n) is 9.39. The Morgan fingerprint density at radius 2 is 0.914 bits per heavy atom. The van der Waals surface area contributed by atoms with Crippen LogP contribution in [0.15, 0.2) is 200 Å². The van der Waals surface area contributed by atoms with Crippen LogP contribution in [0.2, 0.25) is 0 Å². The van der Waals surface area contributed by atoms with Gasteiger partial charge < -0.3 is 4.74 Å². The minimum atomic E-state index is -0.590. The highest BCUT2D eigenvalue weighted by Crippen LogP contribution is 2.62. The van der Waals surface area contributed by atoms with Crippen molar-refractivity contribution >= 4 is 21.7 Å². The summed E-state index contributed by atoms with van der Waals surface area (Å²) in [4.78, 5) is 15.7. The number of benzene rings is 8. The Hall–Kier alpha value is -7.69. The number of hydrogen-bond acceptors (Lipinski definition) is 4. The normalized spacial score (nSPS) is 13.1. The Morgan fingerprint density at radius 1 is 0.345 bits per heavy atom. The molecule has 2 aliphatic rings. The maximum atomic E-state index is 6.96. The molecule has 0 saturated carbocycles. The Labute approximate surface area is 335 Å². The maximum Gasteiger partial charge on any atom is 0.160 e. The average Bonchev–Trinajstić information content (AvgIpc) is 3.59. The highest BCUT2D eigenvalue weighted by atomic mass is 16.5. The zero-order valence-electron chi connectivity index (χ0n) is 31.3. The predicted molar refractivity (Wildman–Crippen MR) is 234 cm³/mol. The van der Waals surface area contributed by atoms with E-state index in [2.05, 4.69) is 164 Å². The van der Waals surface area contributed by atoms with Crippen molar-refractivity contribution in [1.82, 2.24) is 15.0 Å². The zero-order chi connectivity index (χ0) is 38.2. The average molecular weight is 740 g/mol. The number of rotatable bonds is 4. The second kappa shape index (κ2) is 12.7. The molecular weight excluding hydrogens is 707 g/mol. The molecule has 0 bridgehead atoms. The van der Waals surface area contributed by atoms with E-state index < -0.39 is 5.41 Å². The number of para-hydroxylation sites is 1. The van der Waals surface area contributed by atoms with Gasteiger partial charge in [-0.1, -0.05) is 164 Å². The van der Waals surface area contributed by atoms with E-state index in [9.17, 15) is 0 Å². The molecule has 0 N–H and O–H groups in total. The van der Waals surface area contributed by atoms with E-state index in [4.69, 9.17) is 19.7 Å². The fourth-order valence-corrected chi connectivity index (χ4v) is 9.39. The number of aromatic nitrogens is 3. The molecule has 58 heavy (non-hydrogen) atoms. The number of ether oxygens (including phenoxy) is 1. The van der Waals surface area contributed by atoms with Crippen molar-refractivity contribution < 1.29 is 4.74 Å². The lowest BCUT2D eigenvalue weighted by atomic mass is 9.65. The lowest BCUT2D eigenvalue weighted by Crippen LogP contribution is -2.32. The topological polar surface area (TPSA) is 47.9 Å². The van der Waals surface area contributed by atoms with Gasteiger partial charge in [0.2, 0.25) is 0 Å². The van der Waals surface area contributed by atoms with Crippen molar-refractivity contribution in [2.75, 3.05) is 0 Å². The molecule has 0 amide bonds. The highest BCUT2D eigenvalue weighted by molar-refractivity contribution is 6.13. The molecule has 10 aromatic rings. The third-order valence-corrected chi connectivity index (χ3v) is 11.9. The summed E-state index contributed by atoms with van der Waals surface area (Å²) in [5.41, 5.74) is 14.3. The summed E-state index contributed by atoms with van der Waals surface area (Å²) in [6, 6.07) is 70.6. The minimum Gasteiger partial charge on any atom is -0.457 e. The first-order valence-corrected chi connectivity index (χ1v) is 19.7. The molecule has 270 valence electrons. The van der Waals surface area contributed by atoms with Crippen molar-refractivity contribution in [1.29, 1.82) is 0 Å². The quantitative estimate of drug-likeness (QED) is 0.169. The second-order valence-corrected chi connectivity index (χ2v) is 15.1. The number of fused-ring (bicyclic) bond motifs is 12. The van der Waals surface area contributed by atoms with Gasteiger partial charge in [-0.25, -0.2) is 15.0 Å². The molecule has 0 saturated heterocycles. The van der Waals surface area contributed by atoms with E-state index >= 15 is 0 Å². The van der Waals surface area contributed by atoms with Crippen LogP contribution in [-0.4, -0.2) is 15.0 Å². The first-order chi connectivity index (χ1) is 28.7. The lowest BCUT2D eigenvalue weighted by Gasteiger charge is -2.39. The van der Waals surface area contributed by atoms with E-state index in [-0.39, 0.29) is 0 Å². The maximum absolute atomic E-state index is 6.96. The summed E-state index contributed by atoms with van der Waals surface area (Å²) in [5, 5.41) is 3.18. The van der Waals surface area contributed by atoms with Crippen LogP contribution in [0.1, 0.15) is 22.3 Å². The van der Waals surface area contributed by atoms with Crippen molar-refractivity contribution in [2.45, 2.75) is 5.41 Å². The van der Waals surface area contributed by atoms with Gasteiger partial charge in [0, 0.05) is 44.2 Å². The summed E-state index contributed by atoms with van der Waals surface area (Å²) in [7, 11) is 0. The van der Waals surface area contributed by atoms with E-state index in [1.165, 1.54) is 22.3 Å². The van der Waals surface area contributed by atoms with Gasteiger partial charge in [0.15, 0.2) is 5.82 Å². The Morgan fingerprint density at radius 3 is 1.60 bits per heavy atom. The van der Waals surface area contributed by atoms with Gasteiger partial charge in [0.25, 0.3) is 0 Å². The van der Waals surface area contributed by atoms with Gasteiger partial charge in [0.1, 0.15) is 11.5 Å². The Bertz CT molecular complexity index is 3150. The summed E-state index contributed by atoms with van der Waals surface area (Å²) < 4.78 is 6.96. The number of nitrogens with zero attached hydrogens (tertiary/aromatic N) is 3. The largest absolute Gasteiger partial charge is 0.457 e. The number of hydrogen-bond donors (Lipinski definition) is 0. The summed E-state index contributed by atoms with van der Waals surface area (Å²) in [6.07, 6.45) is 0. The van der Waals surface area contributed by atoms with Crippen LogP contribution in [-0.2, 0) is 5.41 Å². The Balaban J connectivity index is 1.17. The van der Waals surface area contributed by atoms with Crippen LogP contribution < -0.4 is 4.74 Å². The molecule has 2 aromatic heterocycles. The molecular formula is C54H33N3O. The lowest BCUT2D eigenvalue weighted by molar-refractivity contribution is 0.437. The van der Waals surface area contributed by atoms with Gasteiger partial charge in [-0.2, -0.15) is 0 Å². The summed E-state index contributed by atoms with van der Waals surface area (Å²) >= 11 is 0. The molecule has 1 spiro atoms. The van der Waals surface area contributed by atoms with E-state index in [1.54, 1.807) is 0 Å². The first kappa shape index (κ1) is 32.5. The molecule has 0 fully saturated rings. The van der Waals surface area contributed by atoms with Gasteiger partial charge >= 0.3 is 0 Å². The van der Waals surface area contributed by atoms with Crippen molar-refractivity contribution in [2.24, 2.45) is 0 Å². The predicted octanol–water partition coefficient (Wildman–Crippen LogP) is 13.3. The zero-order valence-corrected chi connectivity index (χ0v) is 31.3. The Kier molecular flexibility index (Phi) is 7.11. The van der Waals surface area contributed by atoms with Crippen LogP contribution in [0.3, 0.4) is 0 Å². The molecule has 0 radical (unpaired) electrons. The third-order valence-electron chi connectivity index (χ3n) is 11.9. The molecule has 1 aliphatic carbocycles. The molecule has 4 heteroatoms. The van der Waals surface area contributed by atoms with Crippen LogP contribution in [0.5, 0.6) is 11.5 Å². The molecule has 8 aromatic carbocycles. The van der Waals surface area contributed by atoms with Crippen LogP contribution in [0.4, 0.5) is 0 Å². The fraction of sp³-hybridized carbons (Fsp3) is 0.0185. The van der Waals surface area contributed by atoms with Gasteiger partial charge in [-0.15, -0.1) is 0 Å². The van der Waals surface area contributed by atoms with Gasteiger partial charge in [0.05, 0.1) is 28.0 Å². The van der Waals surface area contributed by atoms with E-state index in [1.807, 2.05) is 36.4 Å². The standard InChI is InChI=1S/C54H33N3O/c1-4-16-34(17-5-1)48-33-49(57-53(56-48)36-20-8-3-9-21-36)37-28-29-47-41(30-37)40-31-46-51(32-42(40)52(55-47)35-18-6-2-7-19-35)58-50-27-15-14-26-45(50)54(46)43-24-12-10-22-38(43)39-23-11-13-25-44(39)54/h1-33H. The van der Waals surface area contributed by atoms with Crippen molar-refractivity contribution in [3.63, 3.8) is 0 Å². The van der Waals surface area contributed by atoms with Crippen molar-refractivity contribution in [3.05, 3.63) is 222 Å². The second-order valence-electron chi connectivity index (χ2n) is 15.1. The molecule has 3 heterocycles. The molecule has 4 nitrogen and oxygen atoms in total. The molecule has 0 atom stereocenters. The third kappa shape index (κ3) is 4.79. The molecule has 0 unspecified atom stereocenters. The van der Waals surface area contributed by atoms with Crippen LogP contribution in [0.25, 0.3) is 78.0 Å². The van der Waals surface area contributed by atoms with Gasteiger partial charge in [-0.3, -0.25) is 0 Å². The summed E-state index contributed by atoms with van der Waals surface area (Å²) in [6.45, 7) is 0. The van der Waals surface area contributed by atoms with E-state index in [0.29, 0.717) is 5.82 Å². The minimum absolute atomic E-state index is 0.590. The van der Waals surface area contributed by atoms with Crippen LogP contribution in [0, 0.1) is 0 Å². The molecule has 12 rings (SSSR count). The van der Waals surface area contributed by atoms with E-state index in [0.717, 1.165) is 83.6 Å².